The van der Waals surface area contributed by atoms with E-state index in [0.717, 1.165) is 39.0 Å². The number of carbonyl (C=O) groups excluding carboxylic acids is 1. The van der Waals surface area contributed by atoms with Crippen molar-refractivity contribution in [2.45, 2.75) is 39.0 Å². The summed E-state index contributed by atoms with van der Waals surface area (Å²) in [5.74, 6) is 0.685. The highest BCUT2D eigenvalue weighted by molar-refractivity contribution is 5.85. The predicted molar refractivity (Wildman–Crippen MR) is 103 cm³/mol. The van der Waals surface area contributed by atoms with Gasteiger partial charge in [-0.3, -0.25) is 4.79 Å². The highest BCUT2D eigenvalue weighted by Gasteiger charge is 2.39. The first-order valence-electron chi connectivity index (χ1n) is 8.86. The summed E-state index contributed by atoms with van der Waals surface area (Å²) in [4.78, 5) is 15.2. The molecule has 5 nitrogen and oxygen atoms in total. The summed E-state index contributed by atoms with van der Waals surface area (Å²) in [5.41, 5.74) is -0.329. The molecular weight excluding hydrogens is 349 g/mol. The van der Waals surface area contributed by atoms with Gasteiger partial charge in [0.05, 0.1) is 12.0 Å². The quantitative estimate of drug-likeness (QED) is 0.706. The monoisotopic (exact) mass is 383 g/mol. The molecule has 0 aromatic carbocycles. The van der Waals surface area contributed by atoms with Crippen molar-refractivity contribution in [2.75, 3.05) is 53.0 Å². The molecule has 0 spiro atoms. The molecule has 2 rings (SSSR count). The number of halogens is 2. The van der Waals surface area contributed by atoms with Crippen LogP contribution in [0.3, 0.4) is 0 Å². The van der Waals surface area contributed by atoms with E-state index in [1.807, 2.05) is 0 Å². The lowest BCUT2D eigenvalue weighted by molar-refractivity contribution is -0.136. The number of nitrogens with zero attached hydrogens (tertiary/aromatic N) is 1. The van der Waals surface area contributed by atoms with Gasteiger partial charge < -0.3 is 20.3 Å². The second-order valence-electron chi connectivity index (χ2n) is 7.14. The van der Waals surface area contributed by atoms with E-state index in [1.165, 1.54) is 32.4 Å². The van der Waals surface area contributed by atoms with Crippen molar-refractivity contribution >= 4 is 30.7 Å². The average Bonchev–Trinajstić information content (AvgIpc) is 2.54. The Morgan fingerprint density at radius 2 is 1.83 bits per heavy atom. The van der Waals surface area contributed by atoms with Crippen LogP contribution in [0.15, 0.2) is 0 Å². The fraction of sp³-hybridized carbons (Fsp3) is 0.941. The van der Waals surface area contributed by atoms with Gasteiger partial charge in [0.15, 0.2) is 0 Å². The van der Waals surface area contributed by atoms with E-state index in [2.05, 4.69) is 22.5 Å². The highest BCUT2D eigenvalue weighted by Crippen LogP contribution is 2.29. The molecule has 2 fully saturated rings. The number of ether oxygens (including phenoxy) is 1. The van der Waals surface area contributed by atoms with Gasteiger partial charge in [-0.1, -0.05) is 13.3 Å². The SMILES string of the molecule is COCC1(C(=O)NCC(C)CN2CCCCC2)CCNCC1.Cl.Cl. The molecule has 0 aromatic heterocycles. The number of piperidine rings is 2. The third-order valence-electron chi connectivity index (χ3n) is 5.09. The Morgan fingerprint density at radius 1 is 1.21 bits per heavy atom. The maximum absolute atomic E-state index is 12.7. The maximum Gasteiger partial charge on any atom is 0.228 e. The van der Waals surface area contributed by atoms with E-state index in [0.29, 0.717) is 12.5 Å². The van der Waals surface area contributed by atoms with Crippen LogP contribution in [0.4, 0.5) is 0 Å². The summed E-state index contributed by atoms with van der Waals surface area (Å²) in [6.45, 7) is 8.88. The zero-order chi connectivity index (χ0) is 15.8. The molecule has 1 unspecified atom stereocenters. The standard InChI is InChI=1S/C17H33N3O2.2ClH/c1-15(13-20-10-4-3-5-11-20)12-19-16(21)17(14-22-2)6-8-18-9-7-17;;/h15,18H,3-14H2,1-2H3,(H,19,21);2*1H. The first kappa shape index (κ1) is 23.9. The number of hydrogen-bond donors (Lipinski definition) is 2. The van der Waals surface area contributed by atoms with E-state index in [4.69, 9.17) is 4.74 Å². The topological polar surface area (TPSA) is 53.6 Å². The number of carbonyl (C=O) groups is 1. The summed E-state index contributed by atoms with van der Waals surface area (Å²) in [6, 6.07) is 0. The Labute approximate surface area is 159 Å². The van der Waals surface area contributed by atoms with Gasteiger partial charge in [0.25, 0.3) is 0 Å². The molecule has 1 amide bonds. The molecule has 2 saturated heterocycles. The molecule has 0 bridgehead atoms. The number of methoxy groups -OCH3 is 1. The van der Waals surface area contributed by atoms with Crippen LogP contribution in [-0.2, 0) is 9.53 Å². The molecule has 0 saturated carbocycles. The van der Waals surface area contributed by atoms with Crippen LogP contribution in [0.5, 0.6) is 0 Å². The Kier molecular flexibility index (Phi) is 12.3. The first-order valence-corrected chi connectivity index (χ1v) is 8.86. The zero-order valence-electron chi connectivity index (χ0n) is 15.1. The molecule has 7 heteroatoms. The number of hydrogen-bond acceptors (Lipinski definition) is 4. The van der Waals surface area contributed by atoms with E-state index < -0.39 is 0 Å². The summed E-state index contributed by atoms with van der Waals surface area (Å²) < 4.78 is 5.34. The minimum absolute atomic E-state index is 0. The summed E-state index contributed by atoms with van der Waals surface area (Å²) in [7, 11) is 1.69. The Balaban J connectivity index is 0.00000264. The lowest BCUT2D eigenvalue weighted by atomic mass is 9.78. The van der Waals surface area contributed by atoms with Crippen molar-refractivity contribution in [1.82, 2.24) is 15.5 Å². The van der Waals surface area contributed by atoms with Crippen molar-refractivity contribution in [3.8, 4) is 0 Å². The maximum atomic E-state index is 12.7. The van der Waals surface area contributed by atoms with Gasteiger partial charge >= 0.3 is 0 Å². The van der Waals surface area contributed by atoms with Crippen molar-refractivity contribution in [1.29, 1.82) is 0 Å². The van der Waals surface area contributed by atoms with Crippen molar-refractivity contribution in [3.63, 3.8) is 0 Å². The fourth-order valence-electron chi connectivity index (χ4n) is 3.72. The number of likely N-dealkylation sites (tertiary alicyclic amines) is 1. The zero-order valence-corrected chi connectivity index (χ0v) is 16.8. The molecule has 1 atom stereocenters. The Hall–Kier alpha value is -0.0700. The van der Waals surface area contributed by atoms with Crippen molar-refractivity contribution in [2.24, 2.45) is 11.3 Å². The fourth-order valence-corrected chi connectivity index (χ4v) is 3.72. The van der Waals surface area contributed by atoms with Gasteiger partial charge in [-0.25, -0.2) is 0 Å². The first-order chi connectivity index (χ1) is 10.7. The molecule has 0 aromatic rings. The average molecular weight is 384 g/mol. The third-order valence-corrected chi connectivity index (χ3v) is 5.09. The van der Waals surface area contributed by atoms with Gasteiger partial charge in [0.1, 0.15) is 0 Å². The molecule has 2 heterocycles. The van der Waals surface area contributed by atoms with Crippen LogP contribution in [0.1, 0.15) is 39.0 Å². The Bertz CT molecular complexity index is 341. The Morgan fingerprint density at radius 3 is 2.42 bits per heavy atom. The normalized spacial score (nSPS) is 21.9. The minimum atomic E-state index is -0.329. The van der Waals surface area contributed by atoms with Gasteiger partial charge in [-0.05, 0) is 57.8 Å². The van der Waals surface area contributed by atoms with Crippen LogP contribution in [-0.4, -0.2) is 63.8 Å². The second kappa shape index (κ2) is 12.3. The van der Waals surface area contributed by atoms with Crippen LogP contribution in [0.2, 0.25) is 0 Å². The molecule has 0 aliphatic carbocycles. The molecule has 0 radical (unpaired) electrons. The van der Waals surface area contributed by atoms with E-state index >= 15 is 0 Å². The summed E-state index contributed by atoms with van der Waals surface area (Å²) in [6.07, 6.45) is 5.75. The van der Waals surface area contributed by atoms with Crippen LogP contribution >= 0.6 is 24.8 Å². The smallest absolute Gasteiger partial charge is 0.228 e. The third kappa shape index (κ3) is 7.04. The summed E-state index contributed by atoms with van der Waals surface area (Å²) >= 11 is 0. The minimum Gasteiger partial charge on any atom is -0.384 e. The molecule has 2 aliphatic heterocycles. The van der Waals surface area contributed by atoms with Gasteiger partial charge in [0, 0.05) is 20.2 Å². The van der Waals surface area contributed by atoms with Gasteiger partial charge in [-0.2, -0.15) is 0 Å². The highest BCUT2D eigenvalue weighted by atomic mass is 35.5. The number of nitrogens with one attached hydrogen (secondary N) is 2. The summed E-state index contributed by atoms with van der Waals surface area (Å²) in [5, 5.41) is 6.52. The van der Waals surface area contributed by atoms with Crippen LogP contribution in [0.25, 0.3) is 0 Å². The molecule has 2 N–H and O–H groups in total. The van der Waals surface area contributed by atoms with E-state index in [9.17, 15) is 4.79 Å². The van der Waals surface area contributed by atoms with E-state index in [-0.39, 0.29) is 36.1 Å². The van der Waals surface area contributed by atoms with Crippen molar-refractivity contribution in [3.05, 3.63) is 0 Å². The van der Waals surface area contributed by atoms with E-state index in [1.54, 1.807) is 7.11 Å². The van der Waals surface area contributed by atoms with Gasteiger partial charge in [-0.15, -0.1) is 24.8 Å². The molecule has 24 heavy (non-hydrogen) atoms. The van der Waals surface area contributed by atoms with Crippen molar-refractivity contribution < 1.29 is 9.53 Å². The van der Waals surface area contributed by atoms with Crippen LogP contribution in [0, 0.1) is 11.3 Å². The van der Waals surface area contributed by atoms with Gasteiger partial charge in [0.2, 0.25) is 5.91 Å². The largest absolute Gasteiger partial charge is 0.384 e. The second-order valence-corrected chi connectivity index (χ2v) is 7.14. The lowest BCUT2D eigenvalue weighted by Gasteiger charge is -2.36. The predicted octanol–water partition coefficient (Wildman–Crippen LogP) is 2.08. The lowest BCUT2D eigenvalue weighted by Crippen LogP contribution is -2.51. The molecule has 144 valence electrons. The molecule has 2 aliphatic rings. The number of rotatable bonds is 7. The number of amides is 1. The molecular formula is C17H35Cl2N3O2. The van der Waals surface area contributed by atoms with Crippen LogP contribution < -0.4 is 10.6 Å².